The number of anilines is 1. The number of nitrogens with zero attached hydrogens (tertiary/aromatic N) is 3. The van der Waals surface area contributed by atoms with Crippen LogP contribution >= 0.6 is 0 Å². The van der Waals surface area contributed by atoms with Gasteiger partial charge in [0.05, 0.1) is 17.1 Å². The quantitative estimate of drug-likeness (QED) is 0.834. The topological polar surface area (TPSA) is 111 Å². The molecule has 0 amide bonds. The Labute approximate surface area is 116 Å². The van der Waals surface area contributed by atoms with Crippen LogP contribution in [0.25, 0.3) is 0 Å². The molecule has 2 rings (SSSR count). The summed E-state index contributed by atoms with van der Waals surface area (Å²) in [6, 6.07) is 4.59. The van der Waals surface area contributed by atoms with Gasteiger partial charge in [-0.15, -0.1) is 0 Å². The molecule has 7 nitrogen and oxygen atoms in total. The van der Waals surface area contributed by atoms with Gasteiger partial charge in [0.15, 0.2) is 9.84 Å². The molecule has 1 atom stereocenters. The van der Waals surface area contributed by atoms with Crippen molar-refractivity contribution in [3.63, 3.8) is 0 Å². The fourth-order valence-corrected chi connectivity index (χ4v) is 3.92. The summed E-state index contributed by atoms with van der Waals surface area (Å²) < 4.78 is 23.1. The molecule has 1 aliphatic rings. The van der Waals surface area contributed by atoms with E-state index in [0.717, 1.165) is 0 Å². The van der Waals surface area contributed by atoms with Crippen LogP contribution in [-0.2, 0) is 14.6 Å². The van der Waals surface area contributed by atoms with Crippen molar-refractivity contribution in [2.45, 2.75) is 12.5 Å². The van der Waals surface area contributed by atoms with E-state index in [1.807, 2.05) is 6.07 Å². The Hall–Kier alpha value is -2.14. The van der Waals surface area contributed by atoms with Crippen molar-refractivity contribution in [1.29, 1.82) is 5.26 Å². The van der Waals surface area contributed by atoms with Gasteiger partial charge in [0, 0.05) is 12.2 Å². The third-order valence-electron chi connectivity index (χ3n) is 3.13. The third kappa shape index (κ3) is 3.24. The van der Waals surface area contributed by atoms with Gasteiger partial charge in [-0.2, -0.15) is 5.26 Å². The number of hydrogen-bond donors (Lipinski definition) is 1. The summed E-state index contributed by atoms with van der Waals surface area (Å²) in [4.78, 5) is 16.5. The normalized spacial score (nSPS) is 20.2. The largest absolute Gasteiger partial charge is 0.480 e. The lowest BCUT2D eigenvalue weighted by Crippen LogP contribution is -2.40. The lowest BCUT2D eigenvalue weighted by atomic mass is 10.2. The van der Waals surface area contributed by atoms with E-state index in [1.54, 1.807) is 0 Å². The van der Waals surface area contributed by atoms with Gasteiger partial charge < -0.3 is 10.0 Å². The first-order valence-electron chi connectivity index (χ1n) is 5.96. The number of sulfone groups is 1. The highest BCUT2D eigenvalue weighted by Gasteiger charge is 2.33. The highest BCUT2D eigenvalue weighted by atomic mass is 32.2. The zero-order chi connectivity index (χ0) is 14.8. The molecule has 0 radical (unpaired) electrons. The van der Waals surface area contributed by atoms with Crippen LogP contribution in [0.1, 0.15) is 12.0 Å². The predicted molar refractivity (Wildman–Crippen MR) is 71.0 cm³/mol. The molecular formula is C12H13N3O4S. The number of aromatic nitrogens is 1. The number of carbonyl (C=O) groups is 1. The van der Waals surface area contributed by atoms with Gasteiger partial charge in [-0.05, 0) is 18.6 Å². The van der Waals surface area contributed by atoms with Crippen molar-refractivity contribution in [3.8, 4) is 6.07 Å². The number of pyridine rings is 1. The minimum absolute atomic E-state index is 0.0596. The number of nitriles is 1. The highest BCUT2D eigenvalue weighted by molar-refractivity contribution is 7.91. The number of hydrogen-bond acceptors (Lipinski definition) is 6. The van der Waals surface area contributed by atoms with Crippen LogP contribution in [0.5, 0.6) is 0 Å². The molecule has 0 bridgehead atoms. The molecule has 0 saturated carbocycles. The first kappa shape index (κ1) is 14.3. The predicted octanol–water partition coefficient (Wildman–Crippen LogP) is 0.0314. The molecule has 8 heteroatoms. The maximum Gasteiger partial charge on any atom is 0.323 e. The van der Waals surface area contributed by atoms with Crippen LogP contribution in [0, 0.1) is 11.3 Å². The second-order valence-corrected chi connectivity index (χ2v) is 6.82. The molecule has 1 aliphatic heterocycles. The van der Waals surface area contributed by atoms with Crippen molar-refractivity contribution in [1.82, 2.24) is 4.98 Å². The molecule has 1 aromatic rings. The van der Waals surface area contributed by atoms with Crippen LogP contribution in [0.4, 0.5) is 5.82 Å². The Morgan fingerprint density at radius 3 is 2.75 bits per heavy atom. The van der Waals surface area contributed by atoms with Gasteiger partial charge in [-0.1, -0.05) is 0 Å². The van der Waals surface area contributed by atoms with Crippen LogP contribution < -0.4 is 4.90 Å². The van der Waals surface area contributed by atoms with Crippen LogP contribution in [0.3, 0.4) is 0 Å². The molecular weight excluding hydrogens is 282 g/mol. The van der Waals surface area contributed by atoms with Gasteiger partial charge in [0.1, 0.15) is 18.4 Å². The highest BCUT2D eigenvalue weighted by Crippen LogP contribution is 2.22. The van der Waals surface area contributed by atoms with Gasteiger partial charge in [-0.25, -0.2) is 13.4 Å². The summed E-state index contributed by atoms with van der Waals surface area (Å²) in [5.41, 5.74) is 0.364. The van der Waals surface area contributed by atoms with Gasteiger partial charge >= 0.3 is 5.97 Å². The SMILES string of the molecule is N#Cc1ccc(N(CC(=O)O)C2CCS(=O)(=O)C2)nc1. The lowest BCUT2D eigenvalue weighted by molar-refractivity contribution is -0.135. The molecule has 0 aromatic carbocycles. The maximum atomic E-state index is 11.5. The fourth-order valence-electron chi connectivity index (χ4n) is 2.19. The maximum absolute atomic E-state index is 11.5. The van der Waals surface area contributed by atoms with E-state index in [9.17, 15) is 13.2 Å². The van der Waals surface area contributed by atoms with E-state index in [0.29, 0.717) is 17.8 Å². The molecule has 1 unspecified atom stereocenters. The van der Waals surface area contributed by atoms with Crippen molar-refractivity contribution in [2.75, 3.05) is 23.0 Å². The van der Waals surface area contributed by atoms with Crippen LogP contribution in [0.2, 0.25) is 0 Å². The van der Waals surface area contributed by atoms with Crippen LogP contribution in [0.15, 0.2) is 18.3 Å². The first-order chi connectivity index (χ1) is 9.41. The van der Waals surface area contributed by atoms with E-state index in [2.05, 4.69) is 4.98 Å². The zero-order valence-corrected chi connectivity index (χ0v) is 11.4. The summed E-state index contributed by atoms with van der Waals surface area (Å²) in [6.45, 7) is -0.320. The van der Waals surface area contributed by atoms with Crippen molar-refractivity contribution in [2.24, 2.45) is 0 Å². The molecule has 0 aliphatic carbocycles. The third-order valence-corrected chi connectivity index (χ3v) is 4.88. The smallest absolute Gasteiger partial charge is 0.323 e. The lowest BCUT2D eigenvalue weighted by Gasteiger charge is -2.27. The van der Waals surface area contributed by atoms with E-state index in [4.69, 9.17) is 10.4 Å². The van der Waals surface area contributed by atoms with Gasteiger partial charge in [-0.3, -0.25) is 4.79 Å². The van der Waals surface area contributed by atoms with Gasteiger partial charge in [0.2, 0.25) is 0 Å². The summed E-state index contributed by atoms with van der Waals surface area (Å²) in [6.07, 6.45) is 1.73. The molecule has 1 aromatic heterocycles. The summed E-state index contributed by atoms with van der Waals surface area (Å²) in [5.74, 6) is -0.694. The number of rotatable bonds is 4. The van der Waals surface area contributed by atoms with E-state index < -0.39 is 21.8 Å². The minimum Gasteiger partial charge on any atom is -0.480 e. The van der Waals surface area contributed by atoms with Crippen molar-refractivity contribution in [3.05, 3.63) is 23.9 Å². The Bertz CT molecular complexity index is 648. The molecule has 2 heterocycles. The second-order valence-electron chi connectivity index (χ2n) is 4.60. The Kier molecular flexibility index (Phi) is 3.90. The zero-order valence-electron chi connectivity index (χ0n) is 10.6. The average Bonchev–Trinajstić information content (AvgIpc) is 2.76. The molecule has 106 valence electrons. The summed E-state index contributed by atoms with van der Waals surface area (Å²) in [7, 11) is -3.11. The minimum atomic E-state index is -3.11. The first-order valence-corrected chi connectivity index (χ1v) is 7.78. The van der Waals surface area contributed by atoms with Gasteiger partial charge in [0.25, 0.3) is 0 Å². The van der Waals surface area contributed by atoms with E-state index in [-0.39, 0.29) is 18.1 Å². The Morgan fingerprint density at radius 1 is 1.55 bits per heavy atom. The summed E-state index contributed by atoms with van der Waals surface area (Å²) >= 11 is 0. The average molecular weight is 295 g/mol. The summed E-state index contributed by atoms with van der Waals surface area (Å²) in [5, 5.41) is 17.7. The number of aliphatic carboxylic acids is 1. The molecule has 0 spiro atoms. The standard InChI is InChI=1S/C12H13N3O4S/c13-5-9-1-2-11(14-6-9)15(7-12(16)17)10-3-4-20(18,19)8-10/h1-2,6,10H,3-4,7-8H2,(H,16,17). The number of carboxylic acids is 1. The van der Waals surface area contributed by atoms with Crippen molar-refractivity contribution < 1.29 is 18.3 Å². The molecule has 1 N–H and O–H groups in total. The fraction of sp³-hybridized carbons (Fsp3) is 0.417. The molecule has 1 fully saturated rings. The second kappa shape index (κ2) is 5.46. The Balaban J connectivity index is 2.27. The van der Waals surface area contributed by atoms with E-state index >= 15 is 0 Å². The van der Waals surface area contributed by atoms with E-state index in [1.165, 1.54) is 23.2 Å². The van der Waals surface area contributed by atoms with Crippen molar-refractivity contribution >= 4 is 21.6 Å². The number of carboxylic acid groups (broad SMARTS) is 1. The molecule has 20 heavy (non-hydrogen) atoms. The Morgan fingerprint density at radius 2 is 2.30 bits per heavy atom. The monoisotopic (exact) mass is 295 g/mol. The van der Waals surface area contributed by atoms with Crippen LogP contribution in [-0.4, -0.2) is 48.6 Å². The molecule has 1 saturated heterocycles.